The number of halogens is 1. The minimum Gasteiger partial charge on any atom is -0.410 e. The molecule has 1 amide bonds. The van der Waals surface area contributed by atoms with Crippen LogP contribution in [-0.4, -0.2) is 33.4 Å². The van der Waals surface area contributed by atoms with Gasteiger partial charge in [0, 0.05) is 6.54 Å². The number of nitriles is 1. The van der Waals surface area contributed by atoms with E-state index in [9.17, 15) is 9.18 Å². The third-order valence-corrected chi connectivity index (χ3v) is 5.58. The molecule has 2 heterocycles. The van der Waals surface area contributed by atoms with Crippen LogP contribution in [0.3, 0.4) is 0 Å². The molecule has 3 aromatic rings. The van der Waals surface area contributed by atoms with Gasteiger partial charge in [0.05, 0.1) is 34.6 Å². The van der Waals surface area contributed by atoms with Gasteiger partial charge in [0.2, 0.25) is 5.91 Å². The molecule has 0 bridgehead atoms. The van der Waals surface area contributed by atoms with Gasteiger partial charge in [-0.1, -0.05) is 23.9 Å². The smallest absolute Gasteiger partial charge is 0.277 e. The Morgan fingerprint density at radius 1 is 1.36 bits per heavy atom. The zero-order valence-corrected chi connectivity index (χ0v) is 16.8. The van der Waals surface area contributed by atoms with Gasteiger partial charge >= 0.3 is 0 Å². The summed E-state index contributed by atoms with van der Waals surface area (Å²) in [6.07, 6.45) is 0.0967. The second kappa shape index (κ2) is 8.95. The zero-order valence-electron chi connectivity index (χ0n) is 15.2. The molecule has 0 aliphatic rings. The number of thiazole rings is 1. The second-order valence-corrected chi connectivity index (χ2v) is 7.84. The number of hydrogen-bond acceptors (Lipinski definition) is 8. The minimum atomic E-state index is -0.519. The molecule has 0 radical (unpaired) electrons. The Labute approximate surface area is 169 Å². The SMILES string of the molecule is Cc1nc(C)c(-c2nnc(SCC(=O)N(CCC#N)c3ccccc3F)o2)s1. The van der Waals surface area contributed by atoms with Crippen LogP contribution < -0.4 is 4.90 Å². The maximum Gasteiger partial charge on any atom is 0.277 e. The molecule has 0 aliphatic carbocycles. The summed E-state index contributed by atoms with van der Waals surface area (Å²) in [4.78, 5) is 19.0. The van der Waals surface area contributed by atoms with Crippen LogP contribution in [0.15, 0.2) is 33.9 Å². The number of aryl methyl sites for hydroxylation is 2. The molecule has 0 saturated heterocycles. The maximum atomic E-state index is 14.1. The lowest BCUT2D eigenvalue weighted by Crippen LogP contribution is -2.34. The van der Waals surface area contributed by atoms with Crippen molar-refractivity contribution in [2.45, 2.75) is 25.5 Å². The highest BCUT2D eigenvalue weighted by atomic mass is 32.2. The highest BCUT2D eigenvalue weighted by Crippen LogP contribution is 2.30. The van der Waals surface area contributed by atoms with Gasteiger partial charge in [-0.2, -0.15) is 5.26 Å². The number of carbonyl (C=O) groups is 1. The lowest BCUT2D eigenvalue weighted by Gasteiger charge is -2.21. The number of nitrogens with zero attached hydrogens (tertiary/aromatic N) is 5. The molecular weight excluding hydrogens is 401 g/mol. The topological polar surface area (TPSA) is 95.9 Å². The monoisotopic (exact) mass is 417 g/mol. The first-order chi connectivity index (χ1) is 13.5. The van der Waals surface area contributed by atoms with Crippen molar-refractivity contribution in [2.24, 2.45) is 0 Å². The van der Waals surface area contributed by atoms with Crippen LogP contribution in [0.1, 0.15) is 17.1 Å². The number of aromatic nitrogens is 3. The van der Waals surface area contributed by atoms with E-state index >= 15 is 0 Å². The van der Waals surface area contributed by atoms with Crippen molar-refractivity contribution >= 4 is 34.7 Å². The predicted octanol–water partition coefficient (Wildman–Crippen LogP) is 3.99. The summed E-state index contributed by atoms with van der Waals surface area (Å²) in [5, 5.41) is 17.9. The van der Waals surface area contributed by atoms with Crippen LogP contribution in [0.4, 0.5) is 10.1 Å². The molecule has 0 spiro atoms. The minimum absolute atomic E-state index is 0.0257. The summed E-state index contributed by atoms with van der Waals surface area (Å²) in [5.41, 5.74) is 0.950. The van der Waals surface area contributed by atoms with Gasteiger partial charge in [-0.3, -0.25) is 4.79 Å². The number of benzene rings is 1. The molecule has 10 heteroatoms. The molecule has 3 rings (SSSR count). The van der Waals surface area contributed by atoms with Gasteiger partial charge < -0.3 is 9.32 Å². The molecule has 0 saturated carbocycles. The molecule has 1 aromatic carbocycles. The lowest BCUT2D eigenvalue weighted by atomic mass is 10.2. The Hall–Kier alpha value is -2.77. The normalized spacial score (nSPS) is 10.6. The largest absolute Gasteiger partial charge is 0.410 e. The van der Waals surface area contributed by atoms with Crippen molar-refractivity contribution in [1.82, 2.24) is 15.2 Å². The summed E-state index contributed by atoms with van der Waals surface area (Å²) in [7, 11) is 0. The van der Waals surface area contributed by atoms with Crippen molar-refractivity contribution in [3.63, 3.8) is 0 Å². The van der Waals surface area contributed by atoms with E-state index in [0.717, 1.165) is 27.3 Å². The summed E-state index contributed by atoms with van der Waals surface area (Å²) in [6, 6.07) is 7.95. The fourth-order valence-electron chi connectivity index (χ4n) is 2.50. The molecule has 0 aliphatic heterocycles. The van der Waals surface area contributed by atoms with E-state index in [2.05, 4.69) is 15.2 Å². The Bertz CT molecular complexity index is 1030. The summed E-state index contributed by atoms with van der Waals surface area (Å²) in [5.74, 6) is -0.541. The number of amides is 1. The fourth-order valence-corrected chi connectivity index (χ4v) is 3.98. The van der Waals surface area contributed by atoms with E-state index in [1.165, 1.54) is 28.4 Å². The van der Waals surface area contributed by atoms with E-state index in [4.69, 9.17) is 9.68 Å². The molecule has 144 valence electrons. The second-order valence-electron chi connectivity index (χ2n) is 5.71. The van der Waals surface area contributed by atoms with Gasteiger partial charge in [-0.15, -0.1) is 21.5 Å². The van der Waals surface area contributed by atoms with Crippen molar-refractivity contribution in [3.8, 4) is 16.8 Å². The zero-order chi connectivity index (χ0) is 20.1. The Kier molecular flexibility index (Phi) is 6.38. The number of rotatable bonds is 7. The molecule has 0 unspecified atom stereocenters. The standard InChI is InChI=1S/C18H16FN5O2S2/c1-11-16(28-12(2)21-11)17-22-23-18(26-17)27-10-15(25)24(9-5-8-20)14-7-4-3-6-13(14)19/h3-4,6-7H,5,9-10H2,1-2H3. The van der Waals surface area contributed by atoms with Gasteiger partial charge in [0.15, 0.2) is 0 Å². The summed E-state index contributed by atoms with van der Waals surface area (Å²) in [6.45, 7) is 3.86. The highest BCUT2D eigenvalue weighted by Gasteiger charge is 2.21. The molecular formula is C18H16FN5O2S2. The first-order valence-electron chi connectivity index (χ1n) is 8.32. The number of carbonyl (C=O) groups excluding carboxylic acids is 1. The predicted molar refractivity (Wildman–Crippen MR) is 105 cm³/mol. The van der Waals surface area contributed by atoms with Crippen molar-refractivity contribution in [3.05, 3.63) is 40.8 Å². The average Bonchev–Trinajstić information content (AvgIpc) is 3.27. The number of thioether (sulfide) groups is 1. The van der Waals surface area contributed by atoms with Gasteiger partial charge in [-0.05, 0) is 26.0 Å². The average molecular weight is 417 g/mol. The van der Waals surface area contributed by atoms with Crippen LogP contribution >= 0.6 is 23.1 Å². The number of para-hydroxylation sites is 1. The highest BCUT2D eigenvalue weighted by molar-refractivity contribution is 7.99. The molecule has 0 atom stereocenters. The quantitative estimate of drug-likeness (QED) is 0.536. The van der Waals surface area contributed by atoms with Gasteiger partial charge in [-0.25, -0.2) is 9.37 Å². The lowest BCUT2D eigenvalue weighted by molar-refractivity contribution is -0.116. The van der Waals surface area contributed by atoms with Gasteiger partial charge in [0.1, 0.15) is 10.7 Å². The van der Waals surface area contributed by atoms with Crippen molar-refractivity contribution in [2.75, 3.05) is 17.2 Å². The van der Waals surface area contributed by atoms with Crippen LogP contribution in [0.2, 0.25) is 0 Å². The first-order valence-corrected chi connectivity index (χ1v) is 10.1. The van der Waals surface area contributed by atoms with E-state index < -0.39 is 5.82 Å². The Balaban J connectivity index is 1.70. The molecule has 28 heavy (non-hydrogen) atoms. The van der Waals surface area contributed by atoms with E-state index in [1.807, 2.05) is 19.9 Å². The van der Waals surface area contributed by atoms with E-state index in [1.54, 1.807) is 12.1 Å². The Morgan fingerprint density at radius 3 is 2.82 bits per heavy atom. The molecule has 7 nitrogen and oxygen atoms in total. The third kappa shape index (κ3) is 4.55. The Morgan fingerprint density at radius 2 is 2.14 bits per heavy atom. The fraction of sp³-hybridized carbons (Fsp3) is 0.278. The first kappa shape index (κ1) is 20.0. The number of hydrogen-bond donors (Lipinski definition) is 0. The van der Waals surface area contributed by atoms with Crippen LogP contribution in [0.25, 0.3) is 10.8 Å². The van der Waals surface area contributed by atoms with Gasteiger partial charge in [0.25, 0.3) is 11.1 Å². The van der Waals surface area contributed by atoms with Crippen LogP contribution in [-0.2, 0) is 4.79 Å². The third-order valence-electron chi connectivity index (χ3n) is 3.71. The molecule has 0 fully saturated rings. The summed E-state index contributed by atoms with van der Waals surface area (Å²) >= 11 is 2.52. The summed E-state index contributed by atoms with van der Waals surface area (Å²) < 4.78 is 19.7. The molecule has 0 N–H and O–H groups in total. The van der Waals surface area contributed by atoms with Crippen LogP contribution in [0.5, 0.6) is 0 Å². The van der Waals surface area contributed by atoms with E-state index in [0.29, 0.717) is 5.89 Å². The molecule has 2 aromatic heterocycles. The number of anilines is 1. The van der Waals surface area contributed by atoms with Crippen LogP contribution in [0, 0.1) is 31.0 Å². The van der Waals surface area contributed by atoms with Crippen molar-refractivity contribution in [1.29, 1.82) is 5.26 Å². The maximum absolute atomic E-state index is 14.1. The van der Waals surface area contributed by atoms with E-state index in [-0.39, 0.29) is 35.5 Å². The van der Waals surface area contributed by atoms with Crippen molar-refractivity contribution < 1.29 is 13.6 Å².